The van der Waals surface area contributed by atoms with Crippen LogP contribution >= 0.6 is 11.6 Å². The molecule has 0 spiro atoms. The molecule has 0 bridgehead atoms. The van der Waals surface area contributed by atoms with E-state index in [0.29, 0.717) is 35.8 Å². The van der Waals surface area contributed by atoms with Crippen molar-refractivity contribution in [1.29, 1.82) is 0 Å². The third-order valence-corrected chi connectivity index (χ3v) is 2.76. The molecule has 0 aromatic heterocycles. The van der Waals surface area contributed by atoms with Crippen LogP contribution in [0.5, 0.6) is 0 Å². The van der Waals surface area contributed by atoms with E-state index in [1.54, 1.807) is 39.0 Å². The summed E-state index contributed by atoms with van der Waals surface area (Å²) in [5.74, 6) is -0.407. The van der Waals surface area contributed by atoms with Crippen molar-refractivity contribution >= 4 is 23.3 Å². The van der Waals surface area contributed by atoms with Gasteiger partial charge in [0, 0.05) is 17.3 Å². The maximum atomic E-state index is 11.8. The number of anilines is 1. The molecule has 0 aliphatic rings. The highest BCUT2D eigenvalue weighted by molar-refractivity contribution is 6.31. The maximum Gasteiger partial charge on any atom is 0.340 e. The van der Waals surface area contributed by atoms with Crippen LogP contribution in [0.4, 0.5) is 5.69 Å². The van der Waals surface area contributed by atoms with E-state index in [-0.39, 0.29) is 0 Å². The van der Waals surface area contributed by atoms with Crippen LogP contribution in [0.3, 0.4) is 0 Å². The zero-order valence-electron chi connectivity index (χ0n) is 11.5. The molecule has 1 rings (SSSR count). The summed E-state index contributed by atoms with van der Waals surface area (Å²) in [5.41, 5.74) is 0.320. The lowest BCUT2D eigenvalue weighted by Crippen LogP contribution is -2.23. The highest BCUT2D eigenvalue weighted by atomic mass is 35.5. The number of esters is 1. The Morgan fingerprint density at radius 1 is 1.47 bits per heavy atom. The molecule has 4 nitrogen and oxygen atoms in total. The molecule has 106 valence electrons. The van der Waals surface area contributed by atoms with Gasteiger partial charge in [-0.3, -0.25) is 0 Å². The number of ether oxygens (including phenoxy) is 1. The Labute approximate surface area is 118 Å². The Balaban J connectivity index is 2.79. The number of hydrogen-bond donors (Lipinski definition) is 2. The fourth-order valence-corrected chi connectivity index (χ4v) is 1.72. The number of aliphatic hydroxyl groups is 1. The monoisotopic (exact) mass is 285 g/mol. The van der Waals surface area contributed by atoms with Gasteiger partial charge in [-0.15, -0.1) is 0 Å². The molecule has 5 heteroatoms. The molecular formula is C14H20ClNO3. The first kappa shape index (κ1) is 15.8. The zero-order valence-corrected chi connectivity index (χ0v) is 12.3. The summed E-state index contributed by atoms with van der Waals surface area (Å²) in [4.78, 5) is 11.8. The van der Waals surface area contributed by atoms with Crippen molar-refractivity contribution in [3.8, 4) is 0 Å². The number of benzene rings is 1. The standard InChI is InChI=1S/C14H20ClNO3/c1-4-19-13(17)11-9-10(15)5-6-12(11)16-8-7-14(2,3)18/h5-6,9,16,18H,4,7-8H2,1-3H3. The summed E-state index contributed by atoms with van der Waals surface area (Å²) < 4.78 is 4.98. The summed E-state index contributed by atoms with van der Waals surface area (Å²) >= 11 is 5.89. The molecule has 0 aliphatic carbocycles. The van der Waals surface area contributed by atoms with Gasteiger partial charge in [-0.2, -0.15) is 0 Å². The Hall–Kier alpha value is -1.26. The Morgan fingerprint density at radius 3 is 2.74 bits per heavy atom. The summed E-state index contributed by atoms with van der Waals surface area (Å²) in [6.07, 6.45) is 0.567. The molecule has 0 atom stereocenters. The number of carbonyl (C=O) groups excluding carboxylic acids is 1. The van der Waals surface area contributed by atoms with Crippen LogP contribution in [-0.4, -0.2) is 29.8 Å². The molecule has 2 N–H and O–H groups in total. The first-order valence-electron chi connectivity index (χ1n) is 6.26. The quantitative estimate of drug-likeness (QED) is 0.789. The number of carbonyl (C=O) groups is 1. The van der Waals surface area contributed by atoms with Crippen LogP contribution in [0.1, 0.15) is 37.6 Å². The second kappa shape index (κ2) is 6.78. The van der Waals surface area contributed by atoms with Gasteiger partial charge in [0.05, 0.1) is 17.8 Å². The first-order chi connectivity index (χ1) is 8.83. The number of halogens is 1. The van der Waals surface area contributed by atoms with Gasteiger partial charge in [0.15, 0.2) is 0 Å². The number of hydrogen-bond acceptors (Lipinski definition) is 4. The minimum atomic E-state index is -0.747. The second-order valence-electron chi connectivity index (χ2n) is 4.90. The molecule has 0 unspecified atom stereocenters. The maximum absolute atomic E-state index is 11.8. The van der Waals surface area contributed by atoms with E-state index in [0.717, 1.165) is 0 Å². The number of rotatable bonds is 6. The van der Waals surface area contributed by atoms with Crippen molar-refractivity contribution < 1.29 is 14.6 Å². The fourth-order valence-electron chi connectivity index (χ4n) is 1.55. The largest absolute Gasteiger partial charge is 0.462 e. The minimum Gasteiger partial charge on any atom is -0.462 e. The predicted octanol–water partition coefficient (Wildman–Crippen LogP) is 3.09. The van der Waals surface area contributed by atoms with Crippen molar-refractivity contribution in [2.75, 3.05) is 18.5 Å². The Kier molecular flexibility index (Phi) is 5.63. The normalized spacial score (nSPS) is 11.2. The first-order valence-corrected chi connectivity index (χ1v) is 6.64. The van der Waals surface area contributed by atoms with E-state index in [2.05, 4.69) is 5.32 Å². The summed E-state index contributed by atoms with van der Waals surface area (Å²) in [7, 11) is 0. The summed E-state index contributed by atoms with van der Waals surface area (Å²) in [6, 6.07) is 5.02. The molecule has 0 saturated carbocycles. The molecule has 0 saturated heterocycles. The van der Waals surface area contributed by atoms with E-state index in [1.165, 1.54) is 0 Å². The molecule has 1 aromatic carbocycles. The minimum absolute atomic E-state index is 0.314. The van der Waals surface area contributed by atoms with Gasteiger partial charge >= 0.3 is 5.97 Å². The summed E-state index contributed by atoms with van der Waals surface area (Å²) in [5, 5.41) is 13.2. The van der Waals surface area contributed by atoms with Crippen LogP contribution in [0, 0.1) is 0 Å². The third kappa shape index (κ3) is 5.49. The van der Waals surface area contributed by atoms with E-state index in [4.69, 9.17) is 16.3 Å². The van der Waals surface area contributed by atoms with Gasteiger partial charge in [0.25, 0.3) is 0 Å². The molecule has 0 amide bonds. The lowest BCUT2D eigenvalue weighted by atomic mass is 10.1. The lowest BCUT2D eigenvalue weighted by Gasteiger charge is -2.18. The van der Waals surface area contributed by atoms with Gasteiger partial charge in [-0.25, -0.2) is 4.79 Å². The molecule has 0 fully saturated rings. The lowest BCUT2D eigenvalue weighted by molar-refractivity contribution is 0.0527. The van der Waals surface area contributed by atoms with Gasteiger partial charge < -0.3 is 15.2 Å². The van der Waals surface area contributed by atoms with Crippen LogP contribution in [0.25, 0.3) is 0 Å². The van der Waals surface area contributed by atoms with Crippen LogP contribution in [0.2, 0.25) is 5.02 Å². The topological polar surface area (TPSA) is 58.6 Å². The summed E-state index contributed by atoms with van der Waals surface area (Å²) in [6.45, 7) is 6.10. The SMILES string of the molecule is CCOC(=O)c1cc(Cl)ccc1NCCC(C)(C)O. The van der Waals surface area contributed by atoms with Crippen LogP contribution < -0.4 is 5.32 Å². The highest BCUT2D eigenvalue weighted by Gasteiger charge is 2.15. The molecule has 0 aliphatic heterocycles. The van der Waals surface area contributed by atoms with Crippen molar-refractivity contribution in [2.45, 2.75) is 32.8 Å². The Morgan fingerprint density at radius 2 is 2.16 bits per heavy atom. The number of nitrogens with one attached hydrogen (secondary N) is 1. The van der Waals surface area contributed by atoms with Gasteiger partial charge in [0.1, 0.15) is 0 Å². The van der Waals surface area contributed by atoms with E-state index in [9.17, 15) is 9.90 Å². The van der Waals surface area contributed by atoms with E-state index < -0.39 is 11.6 Å². The van der Waals surface area contributed by atoms with Crippen LogP contribution in [-0.2, 0) is 4.74 Å². The van der Waals surface area contributed by atoms with Crippen LogP contribution in [0.15, 0.2) is 18.2 Å². The van der Waals surface area contributed by atoms with E-state index >= 15 is 0 Å². The Bertz CT molecular complexity index is 441. The van der Waals surface area contributed by atoms with Gasteiger partial charge in [-0.05, 0) is 45.4 Å². The van der Waals surface area contributed by atoms with Crippen molar-refractivity contribution in [3.63, 3.8) is 0 Å². The predicted molar refractivity (Wildman–Crippen MR) is 76.8 cm³/mol. The molecule has 1 aromatic rings. The zero-order chi connectivity index (χ0) is 14.5. The van der Waals surface area contributed by atoms with Crippen molar-refractivity contribution in [2.24, 2.45) is 0 Å². The fraction of sp³-hybridized carbons (Fsp3) is 0.500. The van der Waals surface area contributed by atoms with E-state index in [1.807, 2.05) is 0 Å². The molecule has 0 heterocycles. The third-order valence-electron chi connectivity index (χ3n) is 2.53. The molecular weight excluding hydrogens is 266 g/mol. The smallest absolute Gasteiger partial charge is 0.340 e. The average Bonchev–Trinajstić information content (AvgIpc) is 2.29. The van der Waals surface area contributed by atoms with Crippen molar-refractivity contribution in [1.82, 2.24) is 0 Å². The van der Waals surface area contributed by atoms with Crippen molar-refractivity contribution in [3.05, 3.63) is 28.8 Å². The second-order valence-corrected chi connectivity index (χ2v) is 5.34. The van der Waals surface area contributed by atoms with Gasteiger partial charge in [0.2, 0.25) is 0 Å². The average molecular weight is 286 g/mol. The van der Waals surface area contributed by atoms with Gasteiger partial charge in [-0.1, -0.05) is 11.6 Å². The molecule has 0 radical (unpaired) electrons. The highest BCUT2D eigenvalue weighted by Crippen LogP contribution is 2.22. The molecule has 19 heavy (non-hydrogen) atoms.